The first-order chi connectivity index (χ1) is 11.1. The predicted molar refractivity (Wildman–Crippen MR) is 92.2 cm³/mol. The van der Waals surface area contributed by atoms with Crippen molar-refractivity contribution >= 4 is 23.7 Å². The number of benzene rings is 1. The first-order valence-corrected chi connectivity index (χ1v) is 8.17. The van der Waals surface area contributed by atoms with E-state index in [4.69, 9.17) is 17.0 Å². The standard InChI is InChI=1S/C17H21ClN4O/c1-20-10-12(9-19)11-22-6-4-17(5-7-22)15-8-13(18)2-3-14(15)16(23)21-17/h2-3,8-10,19-20H,4-7,11H2,1H3,(H,21,23)/b12-10+,19-9?. The fourth-order valence-corrected chi connectivity index (χ4v) is 3.70. The molecule has 1 amide bonds. The fraction of sp³-hybridized carbons (Fsp3) is 0.412. The van der Waals surface area contributed by atoms with E-state index in [0.717, 1.165) is 49.2 Å². The molecular weight excluding hydrogens is 312 g/mol. The number of piperidine rings is 1. The van der Waals surface area contributed by atoms with Gasteiger partial charge in [0.2, 0.25) is 0 Å². The van der Waals surface area contributed by atoms with Crippen LogP contribution in [0.25, 0.3) is 0 Å². The molecule has 2 heterocycles. The van der Waals surface area contributed by atoms with Gasteiger partial charge in [-0.1, -0.05) is 11.6 Å². The molecular formula is C17H21ClN4O. The van der Waals surface area contributed by atoms with Gasteiger partial charge in [0.15, 0.2) is 0 Å². The largest absolute Gasteiger partial charge is 0.394 e. The maximum atomic E-state index is 12.2. The van der Waals surface area contributed by atoms with Crippen LogP contribution in [-0.4, -0.2) is 43.7 Å². The molecule has 2 aliphatic heterocycles. The summed E-state index contributed by atoms with van der Waals surface area (Å²) >= 11 is 6.14. The Morgan fingerprint density at radius 3 is 2.87 bits per heavy atom. The van der Waals surface area contributed by atoms with Gasteiger partial charge in [-0.2, -0.15) is 0 Å². The van der Waals surface area contributed by atoms with Crippen LogP contribution in [0.15, 0.2) is 30.0 Å². The van der Waals surface area contributed by atoms with Crippen molar-refractivity contribution in [3.8, 4) is 0 Å². The predicted octanol–water partition coefficient (Wildman–Crippen LogP) is 2.13. The van der Waals surface area contributed by atoms with Crippen molar-refractivity contribution in [2.24, 2.45) is 0 Å². The molecule has 1 aromatic carbocycles. The smallest absolute Gasteiger partial charge is 0.252 e. The van der Waals surface area contributed by atoms with Gasteiger partial charge in [-0.05, 0) is 42.2 Å². The summed E-state index contributed by atoms with van der Waals surface area (Å²) < 4.78 is 0. The summed E-state index contributed by atoms with van der Waals surface area (Å²) in [6.07, 6.45) is 4.95. The van der Waals surface area contributed by atoms with E-state index in [2.05, 4.69) is 15.5 Å². The van der Waals surface area contributed by atoms with Gasteiger partial charge in [0.25, 0.3) is 5.91 Å². The number of likely N-dealkylation sites (tertiary alicyclic amines) is 1. The second-order valence-electron chi connectivity index (χ2n) is 6.15. The summed E-state index contributed by atoms with van der Waals surface area (Å²) in [6.45, 7) is 2.50. The summed E-state index contributed by atoms with van der Waals surface area (Å²) in [4.78, 5) is 14.5. The Morgan fingerprint density at radius 1 is 1.48 bits per heavy atom. The monoisotopic (exact) mass is 332 g/mol. The quantitative estimate of drug-likeness (QED) is 0.740. The van der Waals surface area contributed by atoms with Crippen LogP contribution >= 0.6 is 11.6 Å². The van der Waals surface area contributed by atoms with E-state index in [0.29, 0.717) is 5.02 Å². The summed E-state index contributed by atoms with van der Waals surface area (Å²) in [6, 6.07) is 5.51. The highest BCUT2D eigenvalue weighted by molar-refractivity contribution is 6.30. The van der Waals surface area contributed by atoms with E-state index in [9.17, 15) is 4.79 Å². The van der Waals surface area contributed by atoms with E-state index in [1.54, 1.807) is 6.07 Å². The summed E-state index contributed by atoms with van der Waals surface area (Å²) in [5, 5.41) is 14.3. The molecule has 2 aliphatic rings. The number of carbonyl (C=O) groups is 1. The van der Waals surface area contributed by atoms with Crippen LogP contribution in [0.5, 0.6) is 0 Å². The normalized spacial score (nSPS) is 20.3. The Labute approximate surface area is 141 Å². The van der Waals surface area contributed by atoms with Crippen molar-refractivity contribution in [3.63, 3.8) is 0 Å². The van der Waals surface area contributed by atoms with Crippen molar-refractivity contribution in [1.82, 2.24) is 15.5 Å². The minimum Gasteiger partial charge on any atom is -0.394 e. The highest BCUT2D eigenvalue weighted by Crippen LogP contribution is 2.40. The number of nitrogens with zero attached hydrogens (tertiary/aromatic N) is 1. The molecule has 1 spiro atoms. The minimum absolute atomic E-state index is 0.000348. The molecule has 0 aliphatic carbocycles. The van der Waals surface area contributed by atoms with Crippen LogP contribution < -0.4 is 10.6 Å². The van der Waals surface area contributed by atoms with Gasteiger partial charge in [-0.25, -0.2) is 0 Å². The number of hydrogen-bond donors (Lipinski definition) is 3. The molecule has 1 fully saturated rings. The Kier molecular flexibility index (Phi) is 4.41. The number of fused-ring (bicyclic) bond motifs is 2. The number of hydrogen-bond acceptors (Lipinski definition) is 4. The first-order valence-electron chi connectivity index (χ1n) is 7.80. The second-order valence-corrected chi connectivity index (χ2v) is 6.59. The SMILES string of the molecule is CN/C=C(\C=N)CN1CCC2(CC1)NC(=O)c1ccc(Cl)cc12. The first kappa shape index (κ1) is 16.0. The molecule has 6 heteroatoms. The molecule has 0 unspecified atom stereocenters. The molecule has 122 valence electrons. The maximum Gasteiger partial charge on any atom is 0.252 e. The maximum absolute atomic E-state index is 12.2. The third kappa shape index (κ3) is 2.99. The van der Waals surface area contributed by atoms with Crippen molar-refractivity contribution in [2.45, 2.75) is 18.4 Å². The van der Waals surface area contributed by atoms with Gasteiger partial charge in [0.1, 0.15) is 0 Å². The molecule has 0 bridgehead atoms. The van der Waals surface area contributed by atoms with Gasteiger partial charge in [-0.15, -0.1) is 0 Å². The van der Waals surface area contributed by atoms with E-state index in [1.807, 2.05) is 25.4 Å². The van der Waals surface area contributed by atoms with Crippen LogP contribution in [0.3, 0.4) is 0 Å². The Hall–Kier alpha value is -1.85. The number of nitrogens with one attached hydrogen (secondary N) is 3. The van der Waals surface area contributed by atoms with Crippen molar-refractivity contribution in [3.05, 3.63) is 46.1 Å². The average molecular weight is 333 g/mol. The molecule has 3 rings (SSSR count). The van der Waals surface area contributed by atoms with E-state index >= 15 is 0 Å². The lowest BCUT2D eigenvalue weighted by atomic mass is 9.81. The van der Waals surface area contributed by atoms with Crippen molar-refractivity contribution in [2.75, 3.05) is 26.7 Å². The highest BCUT2D eigenvalue weighted by atomic mass is 35.5. The van der Waals surface area contributed by atoms with Gasteiger partial charge in [0.05, 0.1) is 5.54 Å². The van der Waals surface area contributed by atoms with Crippen molar-refractivity contribution in [1.29, 1.82) is 5.41 Å². The molecule has 0 aromatic heterocycles. The Bertz CT molecular complexity index is 663. The third-order valence-corrected chi connectivity index (χ3v) is 4.96. The topological polar surface area (TPSA) is 68.2 Å². The minimum atomic E-state index is -0.286. The lowest BCUT2D eigenvalue weighted by molar-refractivity contribution is 0.0871. The van der Waals surface area contributed by atoms with Crippen LogP contribution in [0.1, 0.15) is 28.8 Å². The van der Waals surface area contributed by atoms with Crippen LogP contribution in [-0.2, 0) is 5.54 Å². The third-order valence-electron chi connectivity index (χ3n) is 4.73. The summed E-state index contributed by atoms with van der Waals surface area (Å²) in [5.74, 6) is 0.000348. The van der Waals surface area contributed by atoms with E-state index in [-0.39, 0.29) is 11.4 Å². The number of rotatable bonds is 4. The number of amides is 1. The number of carbonyl (C=O) groups excluding carboxylic acids is 1. The van der Waals surface area contributed by atoms with Gasteiger partial charge in [0, 0.05) is 49.7 Å². The lowest BCUT2D eigenvalue weighted by Crippen LogP contribution is -2.49. The van der Waals surface area contributed by atoms with Gasteiger partial charge >= 0.3 is 0 Å². The highest BCUT2D eigenvalue weighted by Gasteiger charge is 2.44. The zero-order valence-electron chi connectivity index (χ0n) is 13.2. The van der Waals surface area contributed by atoms with E-state index in [1.165, 1.54) is 6.21 Å². The lowest BCUT2D eigenvalue weighted by Gasteiger charge is -2.40. The van der Waals surface area contributed by atoms with Crippen LogP contribution in [0, 0.1) is 5.41 Å². The average Bonchev–Trinajstić information content (AvgIpc) is 2.81. The van der Waals surface area contributed by atoms with Crippen LogP contribution in [0.4, 0.5) is 0 Å². The van der Waals surface area contributed by atoms with Gasteiger partial charge in [-0.3, -0.25) is 9.69 Å². The summed E-state index contributed by atoms with van der Waals surface area (Å²) in [7, 11) is 1.84. The van der Waals surface area contributed by atoms with E-state index < -0.39 is 0 Å². The van der Waals surface area contributed by atoms with Crippen molar-refractivity contribution < 1.29 is 4.79 Å². The summed E-state index contributed by atoms with van der Waals surface area (Å²) in [5.41, 5.74) is 2.44. The second kappa shape index (κ2) is 6.34. The number of halogens is 1. The molecule has 0 atom stereocenters. The van der Waals surface area contributed by atoms with Gasteiger partial charge < -0.3 is 16.0 Å². The Morgan fingerprint density at radius 2 is 2.22 bits per heavy atom. The zero-order valence-corrected chi connectivity index (χ0v) is 13.9. The molecule has 23 heavy (non-hydrogen) atoms. The zero-order chi connectivity index (χ0) is 16.4. The fourth-order valence-electron chi connectivity index (χ4n) is 3.53. The molecule has 0 radical (unpaired) electrons. The molecule has 3 N–H and O–H groups in total. The molecule has 0 saturated carbocycles. The molecule has 1 saturated heterocycles. The Balaban J connectivity index is 1.75. The molecule has 5 nitrogen and oxygen atoms in total. The van der Waals surface area contributed by atoms with Crippen LogP contribution in [0.2, 0.25) is 5.02 Å². The molecule has 1 aromatic rings.